The average molecular weight is 353 g/mol. The Morgan fingerprint density at radius 1 is 1.09 bits per heavy atom. The van der Waals surface area contributed by atoms with Gasteiger partial charge in [0, 0.05) is 29.3 Å². The monoisotopic (exact) mass is 352 g/mol. The topological polar surface area (TPSA) is 49.8 Å². The highest BCUT2D eigenvalue weighted by molar-refractivity contribution is 6.35. The first-order valence-electron chi connectivity index (χ1n) is 7.79. The van der Waals surface area contributed by atoms with Crippen LogP contribution in [0, 0.1) is 5.92 Å². The van der Waals surface area contributed by atoms with Gasteiger partial charge in [-0.2, -0.15) is 4.98 Å². The Morgan fingerprint density at radius 2 is 1.91 bits per heavy atom. The molecule has 0 spiro atoms. The van der Waals surface area contributed by atoms with E-state index in [1.54, 1.807) is 12.3 Å². The van der Waals surface area contributed by atoms with E-state index in [-0.39, 0.29) is 0 Å². The van der Waals surface area contributed by atoms with Crippen molar-refractivity contribution in [1.82, 2.24) is 9.97 Å². The molecule has 0 saturated carbocycles. The highest BCUT2D eigenvalue weighted by Gasteiger charge is 2.03. The Balaban J connectivity index is 1.83. The van der Waals surface area contributed by atoms with Gasteiger partial charge >= 0.3 is 0 Å². The summed E-state index contributed by atoms with van der Waals surface area (Å²) in [5, 5.41) is 7.88. The van der Waals surface area contributed by atoms with Crippen LogP contribution in [0.25, 0.3) is 0 Å². The van der Waals surface area contributed by atoms with Gasteiger partial charge in [-0.3, -0.25) is 0 Å². The predicted molar refractivity (Wildman–Crippen MR) is 98.6 cm³/mol. The van der Waals surface area contributed by atoms with Crippen LogP contribution in [0.5, 0.6) is 0 Å². The molecule has 2 rings (SSSR count). The van der Waals surface area contributed by atoms with E-state index in [1.807, 2.05) is 18.2 Å². The molecule has 2 aromatic rings. The molecule has 0 aliphatic rings. The predicted octanol–water partition coefficient (Wildman–Crippen LogP) is 4.90. The fraction of sp³-hybridized carbons (Fsp3) is 0.412. The molecule has 6 heteroatoms. The van der Waals surface area contributed by atoms with Gasteiger partial charge in [0.1, 0.15) is 5.82 Å². The lowest BCUT2D eigenvalue weighted by Crippen LogP contribution is -2.10. The van der Waals surface area contributed by atoms with Crippen LogP contribution >= 0.6 is 23.2 Å². The van der Waals surface area contributed by atoms with Crippen molar-refractivity contribution in [3.05, 3.63) is 46.1 Å². The maximum absolute atomic E-state index is 6.17. The lowest BCUT2D eigenvalue weighted by atomic mass is 10.1. The van der Waals surface area contributed by atoms with Crippen LogP contribution in [0.2, 0.25) is 10.0 Å². The van der Waals surface area contributed by atoms with Crippen molar-refractivity contribution < 1.29 is 0 Å². The smallest absolute Gasteiger partial charge is 0.224 e. The van der Waals surface area contributed by atoms with Crippen molar-refractivity contribution in [3.8, 4) is 0 Å². The molecule has 23 heavy (non-hydrogen) atoms. The first-order chi connectivity index (χ1) is 11.0. The molecule has 0 atom stereocenters. The number of benzene rings is 1. The fourth-order valence-corrected chi connectivity index (χ4v) is 2.57. The van der Waals surface area contributed by atoms with Gasteiger partial charge < -0.3 is 10.6 Å². The Kier molecular flexibility index (Phi) is 6.93. The van der Waals surface area contributed by atoms with Crippen LogP contribution in [0.3, 0.4) is 0 Å². The first kappa shape index (κ1) is 17.8. The lowest BCUT2D eigenvalue weighted by Gasteiger charge is -2.10. The van der Waals surface area contributed by atoms with Crippen molar-refractivity contribution in [3.63, 3.8) is 0 Å². The highest BCUT2D eigenvalue weighted by Crippen LogP contribution is 2.21. The number of rotatable bonds is 8. The number of nitrogens with one attached hydrogen (secondary N) is 2. The van der Waals surface area contributed by atoms with E-state index in [1.165, 1.54) is 0 Å². The minimum absolute atomic E-state index is 0.652. The summed E-state index contributed by atoms with van der Waals surface area (Å²) in [6.45, 7) is 6.01. The van der Waals surface area contributed by atoms with E-state index >= 15 is 0 Å². The third kappa shape index (κ3) is 6.24. The first-order valence-corrected chi connectivity index (χ1v) is 8.55. The number of anilines is 2. The number of aromatic nitrogens is 2. The number of halogens is 2. The van der Waals surface area contributed by atoms with E-state index < -0.39 is 0 Å². The van der Waals surface area contributed by atoms with Gasteiger partial charge in [-0.05, 0) is 42.5 Å². The molecule has 0 amide bonds. The second-order valence-corrected chi connectivity index (χ2v) is 6.63. The summed E-state index contributed by atoms with van der Waals surface area (Å²) in [5.41, 5.74) is 1.06. The minimum Gasteiger partial charge on any atom is -0.370 e. The molecular weight excluding hydrogens is 331 g/mol. The van der Waals surface area contributed by atoms with Crippen LogP contribution in [-0.2, 0) is 6.42 Å². The maximum Gasteiger partial charge on any atom is 0.224 e. The molecule has 0 radical (unpaired) electrons. The third-order valence-electron chi connectivity index (χ3n) is 3.38. The SMILES string of the molecule is CC(C)CCNc1nccc(NCCc2ccc(Cl)cc2Cl)n1. The molecule has 0 unspecified atom stereocenters. The summed E-state index contributed by atoms with van der Waals surface area (Å²) in [6.07, 6.45) is 3.65. The molecule has 124 valence electrons. The van der Waals surface area contributed by atoms with E-state index in [2.05, 4.69) is 34.4 Å². The second kappa shape index (κ2) is 8.94. The molecule has 4 nitrogen and oxygen atoms in total. The van der Waals surface area contributed by atoms with Crippen LogP contribution in [0.15, 0.2) is 30.5 Å². The summed E-state index contributed by atoms with van der Waals surface area (Å²) in [7, 11) is 0. The minimum atomic E-state index is 0.652. The van der Waals surface area contributed by atoms with Crippen LogP contribution in [-0.4, -0.2) is 23.1 Å². The zero-order chi connectivity index (χ0) is 16.7. The normalized spacial score (nSPS) is 10.8. The molecule has 0 aliphatic heterocycles. The second-order valence-electron chi connectivity index (χ2n) is 5.79. The molecule has 1 heterocycles. The number of hydrogen-bond donors (Lipinski definition) is 2. The maximum atomic E-state index is 6.17. The lowest BCUT2D eigenvalue weighted by molar-refractivity contribution is 0.606. The van der Waals surface area contributed by atoms with Gasteiger partial charge in [-0.1, -0.05) is 43.1 Å². The van der Waals surface area contributed by atoms with Gasteiger partial charge in [0.25, 0.3) is 0 Å². The third-order valence-corrected chi connectivity index (χ3v) is 3.96. The molecule has 1 aromatic carbocycles. The van der Waals surface area contributed by atoms with E-state index in [0.29, 0.717) is 21.9 Å². The molecular formula is C17H22Cl2N4. The Bertz CT molecular complexity index is 632. The van der Waals surface area contributed by atoms with Crippen LogP contribution < -0.4 is 10.6 Å². The number of nitrogens with zero attached hydrogens (tertiary/aromatic N) is 2. The molecule has 0 bridgehead atoms. The quantitative estimate of drug-likeness (QED) is 0.709. The Hall–Kier alpha value is -1.52. The van der Waals surface area contributed by atoms with Crippen LogP contribution in [0.4, 0.5) is 11.8 Å². The van der Waals surface area contributed by atoms with E-state index in [0.717, 1.165) is 37.3 Å². The van der Waals surface area contributed by atoms with Gasteiger partial charge in [0.2, 0.25) is 5.95 Å². The van der Waals surface area contributed by atoms with Gasteiger partial charge in [-0.15, -0.1) is 0 Å². The molecule has 0 saturated heterocycles. The van der Waals surface area contributed by atoms with E-state index in [4.69, 9.17) is 23.2 Å². The summed E-state index contributed by atoms with van der Waals surface area (Å²) in [5.74, 6) is 2.12. The van der Waals surface area contributed by atoms with E-state index in [9.17, 15) is 0 Å². The average Bonchev–Trinajstić information content (AvgIpc) is 2.49. The molecule has 0 aliphatic carbocycles. The molecule has 2 N–H and O–H groups in total. The zero-order valence-corrected chi connectivity index (χ0v) is 15.0. The Morgan fingerprint density at radius 3 is 2.65 bits per heavy atom. The van der Waals surface area contributed by atoms with Crippen molar-refractivity contribution in [1.29, 1.82) is 0 Å². The van der Waals surface area contributed by atoms with Crippen LogP contribution in [0.1, 0.15) is 25.8 Å². The fourth-order valence-electron chi connectivity index (χ4n) is 2.06. The van der Waals surface area contributed by atoms with Crippen molar-refractivity contribution in [2.45, 2.75) is 26.7 Å². The van der Waals surface area contributed by atoms with Gasteiger partial charge in [0.05, 0.1) is 0 Å². The largest absolute Gasteiger partial charge is 0.370 e. The van der Waals surface area contributed by atoms with Crippen molar-refractivity contribution in [2.24, 2.45) is 5.92 Å². The highest BCUT2D eigenvalue weighted by atomic mass is 35.5. The zero-order valence-electron chi connectivity index (χ0n) is 13.4. The molecule has 0 fully saturated rings. The summed E-state index contributed by atoms with van der Waals surface area (Å²) >= 11 is 12.1. The Labute approximate surface area is 147 Å². The molecule has 1 aromatic heterocycles. The number of hydrogen-bond acceptors (Lipinski definition) is 4. The van der Waals surface area contributed by atoms with Gasteiger partial charge in [0.15, 0.2) is 0 Å². The van der Waals surface area contributed by atoms with Crippen molar-refractivity contribution in [2.75, 3.05) is 23.7 Å². The summed E-state index contributed by atoms with van der Waals surface area (Å²) < 4.78 is 0. The summed E-state index contributed by atoms with van der Waals surface area (Å²) in [4.78, 5) is 8.68. The van der Waals surface area contributed by atoms with Crippen molar-refractivity contribution >= 4 is 35.0 Å². The van der Waals surface area contributed by atoms with Gasteiger partial charge in [-0.25, -0.2) is 4.98 Å². The standard InChI is InChI=1S/C17H22Cl2N4/c1-12(2)5-8-21-17-22-10-7-16(23-17)20-9-6-13-3-4-14(18)11-15(13)19/h3-4,7,10-12H,5-6,8-9H2,1-2H3,(H2,20,21,22,23). The summed E-state index contributed by atoms with van der Waals surface area (Å²) in [6, 6.07) is 7.42.